The maximum absolute atomic E-state index is 12.5. The summed E-state index contributed by atoms with van der Waals surface area (Å²) in [5, 5.41) is 0.877. The molecule has 2 aromatic rings. The van der Waals surface area contributed by atoms with Crippen LogP contribution in [0.5, 0.6) is 0 Å². The molecule has 140 valence electrons. The van der Waals surface area contributed by atoms with Gasteiger partial charge in [0, 0.05) is 24.6 Å². The Bertz CT molecular complexity index is 823. The molecule has 2 aromatic carbocycles. The van der Waals surface area contributed by atoms with Crippen molar-refractivity contribution in [1.29, 1.82) is 0 Å². The number of rotatable bonds is 4. The molecule has 26 heavy (non-hydrogen) atoms. The van der Waals surface area contributed by atoms with Crippen LogP contribution in [-0.2, 0) is 0 Å². The van der Waals surface area contributed by atoms with Crippen LogP contribution in [0.25, 0.3) is 0 Å². The number of amidine groups is 1. The lowest BCUT2D eigenvalue weighted by molar-refractivity contribution is -0.105. The van der Waals surface area contributed by atoms with Gasteiger partial charge in [-0.1, -0.05) is 46.9 Å². The predicted molar refractivity (Wildman–Crippen MR) is 105 cm³/mol. The Morgan fingerprint density at radius 3 is 2.27 bits per heavy atom. The Labute approximate surface area is 168 Å². The molecule has 0 aliphatic rings. The van der Waals surface area contributed by atoms with Crippen LogP contribution in [0.4, 0.5) is 18.9 Å². The standard InChI is InChI=1S/C17H14Cl3F3N2S/c1-25(2)16(10-5-3-4-6-11(10)18)24-14-8-15(13(20)7-12(14)19)26-9-17(21,22)23/h3-8H,9H2,1-2H3. The molecule has 0 saturated heterocycles. The van der Waals surface area contributed by atoms with Gasteiger partial charge in [0.25, 0.3) is 0 Å². The van der Waals surface area contributed by atoms with E-state index in [0.29, 0.717) is 33.9 Å². The Kier molecular flexibility index (Phi) is 7.13. The minimum Gasteiger partial charge on any atom is -0.362 e. The van der Waals surface area contributed by atoms with Crippen LogP contribution in [0.2, 0.25) is 15.1 Å². The van der Waals surface area contributed by atoms with E-state index in [9.17, 15) is 13.2 Å². The number of hydrogen-bond acceptors (Lipinski definition) is 2. The highest BCUT2D eigenvalue weighted by Crippen LogP contribution is 2.39. The number of alkyl halides is 3. The number of benzene rings is 2. The van der Waals surface area contributed by atoms with Crippen molar-refractivity contribution in [1.82, 2.24) is 4.90 Å². The Morgan fingerprint density at radius 1 is 1.04 bits per heavy atom. The Hall–Kier alpha value is -1.08. The topological polar surface area (TPSA) is 15.6 Å². The van der Waals surface area contributed by atoms with Gasteiger partial charge >= 0.3 is 6.18 Å². The van der Waals surface area contributed by atoms with Gasteiger partial charge in [0.2, 0.25) is 0 Å². The molecule has 0 saturated carbocycles. The van der Waals surface area contributed by atoms with Crippen LogP contribution in [0, 0.1) is 0 Å². The summed E-state index contributed by atoms with van der Waals surface area (Å²) in [5.74, 6) is -0.533. The summed E-state index contributed by atoms with van der Waals surface area (Å²) in [5.41, 5.74) is 0.985. The number of aliphatic imine (C=N–C) groups is 1. The zero-order chi connectivity index (χ0) is 19.5. The largest absolute Gasteiger partial charge is 0.398 e. The van der Waals surface area contributed by atoms with E-state index in [1.54, 1.807) is 37.2 Å². The van der Waals surface area contributed by atoms with Crippen LogP contribution in [0.15, 0.2) is 46.3 Å². The number of hydrogen-bond donors (Lipinski definition) is 0. The minimum absolute atomic E-state index is 0.146. The third-order valence-electron chi connectivity index (χ3n) is 3.16. The zero-order valence-electron chi connectivity index (χ0n) is 13.7. The highest BCUT2D eigenvalue weighted by atomic mass is 35.5. The van der Waals surface area contributed by atoms with E-state index in [1.165, 1.54) is 12.1 Å². The van der Waals surface area contributed by atoms with Gasteiger partial charge in [-0.15, -0.1) is 11.8 Å². The van der Waals surface area contributed by atoms with Gasteiger partial charge in [0.15, 0.2) is 0 Å². The summed E-state index contributed by atoms with van der Waals surface area (Å²) in [6.45, 7) is 0. The molecule has 0 aliphatic heterocycles. The average Bonchev–Trinajstić information content (AvgIpc) is 2.53. The molecule has 0 fully saturated rings. The Balaban J connectivity index is 2.48. The SMILES string of the molecule is CN(C)C(=Nc1cc(SCC(F)(F)F)c(Cl)cc1Cl)c1ccccc1Cl. The Morgan fingerprint density at radius 2 is 1.69 bits per heavy atom. The number of thioether (sulfide) groups is 1. The van der Waals surface area contributed by atoms with E-state index in [4.69, 9.17) is 34.8 Å². The fourth-order valence-electron chi connectivity index (χ4n) is 2.03. The molecule has 0 heterocycles. The summed E-state index contributed by atoms with van der Waals surface area (Å²) in [6, 6.07) is 9.96. The summed E-state index contributed by atoms with van der Waals surface area (Å²) >= 11 is 19.0. The fourth-order valence-corrected chi connectivity index (χ4v) is 3.55. The third kappa shape index (κ3) is 5.71. The van der Waals surface area contributed by atoms with E-state index in [-0.39, 0.29) is 14.9 Å². The molecular weight excluding hydrogens is 428 g/mol. The predicted octanol–water partition coefficient (Wildman–Crippen LogP) is 6.94. The highest BCUT2D eigenvalue weighted by Gasteiger charge is 2.28. The highest BCUT2D eigenvalue weighted by molar-refractivity contribution is 7.99. The molecule has 2 rings (SSSR count). The van der Waals surface area contributed by atoms with Gasteiger partial charge in [-0.05, 0) is 24.3 Å². The van der Waals surface area contributed by atoms with Crippen molar-refractivity contribution in [2.75, 3.05) is 19.8 Å². The molecule has 2 nitrogen and oxygen atoms in total. The fraction of sp³-hybridized carbons (Fsp3) is 0.235. The average molecular weight is 442 g/mol. The smallest absolute Gasteiger partial charge is 0.362 e. The van der Waals surface area contributed by atoms with Gasteiger partial charge in [0.1, 0.15) is 5.84 Å². The maximum atomic E-state index is 12.5. The van der Waals surface area contributed by atoms with Crippen molar-refractivity contribution >= 4 is 58.1 Å². The van der Waals surface area contributed by atoms with E-state index < -0.39 is 11.9 Å². The lowest BCUT2D eigenvalue weighted by atomic mass is 10.2. The minimum atomic E-state index is -4.30. The molecule has 9 heteroatoms. The third-order valence-corrected chi connectivity index (χ3v) is 5.33. The van der Waals surface area contributed by atoms with Crippen molar-refractivity contribution in [3.8, 4) is 0 Å². The first-order valence-electron chi connectivity index (χ1n) is 7.28. The molecule has 0 spiro atoms. The summed E-state index contributed by atoms with van der Waals surface area (Å²) in [7, 11) is 3.57. The van der Waals surface area contributed by atoms with Crippen molar-refractivity contribution in [2.24, 2.45) is 4.99 Å². The van der Waals surface area contributed by atoms with Gasteiger partial charge in [0.05, 0.1) is 26.5 Å². The molecule has 0 amide bonds. The molecule has 0 bridgehead atoms. The van der Waals surface area contributed by atoms with Gasteiger partial charge < -0.3 is 4.90 Å². The van der Waals surface area contributed by atoms with Gasteiger partial charge in [-0.3, -0.25) is 0 Å². The van der Waals surface area contributed by atoms with E-state index in [0.717, 1.165) is 0 Å². The van der Waals surface area contributed by atoms with Gasteiger partial charge in [-0.25, -0.2) is 4.99 Å². The summed E-state index contributed by atoms with van der Waals surface area (Å²) in [4.78, 5) is 6.51. The molecule has 0 radical (unpaired) electrons. The summed E-state index contributed by atoms with van der Waals surface area (Å²) < 4.78 is 37.5. The molecule has 0 N–H and O–H groups in total. The zero-order valence-corrected chi connectivity index (χ0v) is 16.8. The molecular formula is C17H14Cl3F3N2S. The van der Waals surface area contributed by atoms with Crippen LogP contribution in [0.3, 0.4) is 0 Å². The van der Waals surface area contributed by atoms with Crippen LogP contribution in [0.1, 0.15) is 5.56 Å². The molecule has 0 unspecified atom stereocenters. The molecule has 0 aromatic heterocycles. The number of halogens is 6. The first-order chi connectivity index (χ1) is 12.1. The van der Waals surface area contributed by atoms with Crippen molar-refractivity contribution in [2.45, 2.75) is 11.1 Å². The second kappa shape index (κ2) is 8.74. The molecule has 0 aliphatic carbocycles. The van der Waals surface area contributed by atoms with E-state index >= 15 is 0 Å². The lowest BCUT2D eigenvalue weighted by Crippen LogP contribution is -2.23. The quantitative estimate of drug-likeness (QED) is 0.290. The monoisotopic (exact) mass is 440 g/mol. The maximum Gasteiger partial charge on any atom is 0.398 e. The van der Waals surface area contributed by atoms with E-state index in [1.807, 2.05) is 6.07 Å². The van der Waals surface area contributed by atoms with Crippen molar-refractivity contribution in [3.63, 3.8) is 0 Å². The van der Waals surface area contributed by atoms with E-state index in [2.05, 4.69) is 4.99 Å². The normalized spacial score (nSPS) is 12.4. The lowest BCUT2D eigenvalue weighted by Gasteiger charge is -2.18. The summed E-state index contributed by atoms with van der Waals surface area (Å²) in [6.07, 6.45) is -4.30. The van der Waals surface area contributed by atoms with Crippen LogP contribution in [-0.4, -0.2) is 36.8 Å². The first kappa shape index (κ1) is 21.2. The van der Waals surface area contributed by atoms with Crippen molar-refractivity contribution in [3.05, 3.63) is 57.0 Å². The molecule has 0 atom stereocenters. The van der Waals surface area contributed by atoms with Crippen LogP contribution < -0.4 is 0 Å². The second-order valence-electron chi connectivity index (χ2n) is 5.45. The first-order valence-corrected chi connectivity index (χ1v) is 9.40. The second-order valence-corrected chi connectivity index (χ2v) is 7.69. The van der Waals surface area contributed by atoms with Crippen molar-refractivity contribution < 1.29 is 13.2 Å². The number of nitrogens with zero attached hydrogens (tertiary/aromatic N) is 2. The van der Waals surface area contributed by atoms with Crippen LogP contribution >= 0.6 is 46.6 Å². The van der Waals surface area contributed by atoms with Gasteiger partial charge in [-0.2, -0.15) is 13.2 Å².